The maximum absolute atomic E-state index is 11.1. The molecular formula is C9H10N4O2. The van der Waals surface area contributed by atoms with Crippen LogP contribution in [0.15, 0.2) is 18.5 Å². The average molecular weight is 206 g/mol. The Morgan fingerprint density at radius 3 is 3.00 bits per heavy atom. The van der Waals surface area contributed by atoms with Crippen LogP contribution in [0.5, 0.6) is 0 Å². The number of methoxy groups -OCH3 is 1. The minimum atomic E-state index is -0.440. The Morgan fingerprint density at radius 2 is 2.40 bits per heavy atom. The number of imidazole rings is 1. The number of carbonyl (C=O) groups is 1. The smallest absolute Gasteiger partial charge is 0.356 e. The number of esters is 1. The molecule has 2 rings (SSSR count). The standard InChI is InChI=1S/C9H10N4O2/c1-13-4-3-6(12-13)8-10-5-7(11-8)9(14)15-2/h3-5H,1-2H3,(H,10,11). The molecule has 0 radical (unpaired) electrons. The summed E-state index contributed by atoms with van der Waals surface area (Å²) in [7, 11) is 3.14. The van der Waals surface area contributed by atoms with Gasteiger partial charge in [-0.2, -0.15) is 5.10 Å². The zero-order valence-electron chi connectivity index (χ0n) is 8.39. The SMILES string of the molecule is COC(=O)c1cnc(-c2ccn(C)n2)[nH]1. The number of aromatic amines is 1. The summed E-state index contributed by atoms with van der Waals surface area (Å²) in [6, 6.07) is 1.81. The Kier molecular flexibility index (Phi) is 2.24. The van der Waals surface area contributed by atoms with E-state index in [0.29, 0.717) is 17.2 Å². The summed E-state index contributed by atoms with van der Waals surface area (Å²) in [4.78, 5) is 18.0. The molecule has 0 aliphatic rings. The Labute approximate surface area is 85.9 Å². The molecule has 2 aromatic heterocycles. The monoisotopic (exact) mass is 206 g/mol. The second-order valence-electron chi connectivity index (χ2n) is 3.01. The van der Waals surface area contributed by atoms with Crippen LogP contribution in [-0.4, -0.2) is 32.8 Å². The molecule has 0 unspecified atom stereocenters. The summed E-state index contributed by atoms with van der Waals surface area (Å²) in [5.74, 6) is 0.112. The number of hydrogen-bond acceptors (Lipinski definition) is 4. The zero-order valence-corrected chi connectivity index (χ0v) is 8.39. The maximum atomic E-state index is 11.1. The normalized spacial score (nSPS) is 10.3. The number of H-pyrrole nitrogens is 1. The Balaban J connectivity index is 2.31. The van der Waals surface area contributed by atoms with Gasteiger partial charge in [0.1, 0.15) is 11.4 Å². The first-order chi connectivity index (χ1) is 7.20. The number of aryl methyl sites for hydroxylation is 1. The van der Waals surface area contributed by atoms with Crippen molar-refractivity contribution in [1.29, 1.82) is 0 Å². The first kappa shape index (κ1) is 9.45. The van der Waals surface area contributed by atoms with Gasteiger partial charge in [0, 0.05) is 13.2 Å². The summed E-state index contributed by atoms with van der Waals surface area (Å²) in [5, 5.41) is 4.15. The van der Waals surface area contributed by atoms with Gasteiger partial charge in [-0.15, -0.1) is 0 Å². The maximum Gasteiger partial charge on any atom is 0.356 e. The van der Waals surface area contributed by atoms with Crippen molar-refractivity contribution in [2.75, 3.05) is 7.11 Å². The Bertz CT molecular complexity index is 486. The van der Waals surface area contributed by atoms with Gasteiger partial charge >= 0.3 is 5.97 Å². The lowest BCUT2D eigenvalue weighted by molar-refractivity contribution is 0.0595. The van der Waals surface area contributed by atoms with E-state index in [0.717, 1.165) is 0 Å². The molecule has 0 aromatic carbocycles. The number of carbonyl (C=O) groups excluding carboxylic acids is 1. The van der Waals surface area contributed by atoms with Crippen LogP contribution in [0.3, 0.4) is 0 Å². The van der Waals surface area contributed by atoms with Crippen molar-refractivity contribution in [3.05, 3.63) is 24.2 Å². The highest BCUT2D eigenvalue weighted by Gasteiger charge is 2.11. The molecule has 0 bridgehead atoms. The van der Waals surface area contributed by atoms with Crippen molar-refractivity contribution in [3.8, 4) is 11.5 Å². The molecular weight excluding hydrogens is 196 g/mol. The molecule has 0 atom stereocenters. The first-order valence-electron chi connectivity index (χ1n) is 4.34. The van der Waals surface area contributed by atoms with Gasteiger partial charge in [-0.3, -0.25) is 4.68 Å². The van der Waals surface area contributed by atoms with Crippen LogP contribution < -0.4 is 0 Å². The van der Waals surface area contributed by atoms with Gasteiger partial charge in [-0.25, -0.2) is 9.78 Å². The molecule has 6 heteroatoms. The number of ether oxygens (including phenoxy) is 1. The molecule has 1 N–H and O–H groups in total. The largest absolute Gasteiger partial charge is 0.464 e. The molecule has 15 heavy (non-hydrogen) atoms. The van der Waals surface area contributed by atoms with Crippen molar-refractivity contribution in [2.24, 2.45) is 7.05 Å². The second kappa shape index (κ2) is 3.56. The molecule has 0 aliphatic heterocycles. The molecule has 0 fully saturated rings. The van der Waals surface area contributed by atoms with Gasteiger partial charge < -0.3 is 9.72 Å². The summed E-state index contributed by atoms with van der Waals surface area (Å²) < 4.78 is 6.22. The van der Waals surface area contributed by atoms with Crippen LogP contribution in [0.1, 0.15) is 10.5 Å². The van der Waals surface area contributed by atoms with Gasteiger partial charge in [-0.1, -0.05) is 0 Å². The summed E-state index contributed by atoms with van der Waals surface area (Å²) in [6.45, 7) is 0. The summed E-state index contributed by atoms with van der Waals surface area (Å²) >= 11 is 0. The molecule has 0 saturated heterocycles. The third kappa shape index (κ3) is 1.74. The van der Waals surface area contributed by atoms with Crippen molar-refractivity contribution in [3.63, 3.8) is 0 Å². The average Bonchev–Trinajstić information content (AvgIpc) is 2.84. The predicted molar refractivity (Wildman–Crippen MR) is 52.1 cm³/mol. The van der Waals surface area contributed by atoms with E-state index in [1.54, 1.807) is 16.9 Å². The van der Waals surface area contributed by atoms with E-state index in [2.05, 4.69) is 19.8 Å². The molecule has 78 valence electrons. The quantitative estimate of drug-likeness (QED) is 0.730. The number of hydrogen-bond donors (Lipinski definition) is 1. The summed E-state index contributed by atoms with van der Waals surface area (Å²) in [5.41, 5.74) is 1.01. The molecule has 2 heterocycles. The van der Waals surface area contributed by atoms with Gasteiger partial charge in [0.05, 0.1) is 13.3 Å². The zero-order chi connectivity index (χ0) is 10.8. The second-order valence-corrected chi connectivity index (χ2v) is 3.01. The highest BCUT2D eigenvalue weighted by atomic mass is 16.5. The summed E-state index contributed by atoms with van der Waals surface area (Å²) in [6.07, 6.45) is 3.23. The van der Waals surface area contributed by atoms with E-state index in [9.17, 15) is 4.79 Å². The van der Waals surface area contributed by atoms with Gasteiger partial charge in [0.25, 0.3) is 0 Å². The van der Waals surface area contributed by atoms with Crippen molar-refractivity contribution in [1.82, 2.24) is 19.7 Å². The fourth-order valence-electron chi connectivity index (χ4n) is 1.21. The van der Waals surface area contributed by atoms with Crippen LogP contribution in [0.4, 0.5) is 0 Å². The minimum absolute atomic E-state index is 0.318. The van der Waals surface area contributed by atoms with E-state index in [-0.39, 0.29) is 0 Å². The molecule has 0 amide bonds. The lowest BCUT2D eigenvalue weighted by Gasteiger charge is -1.92. The highest BCUT2D eigenvalue weighted by molar-refractivity contribution is 5.87. The van der Waals surface area contributed by atoms with Crippen LogP contribution in [0.2, 0.25) is 0 Å². The van der Waals surface area contributed by atoms with E-state index in [4.69, 9.17) is 0 Å². The lowest BCUT2D eigenvalue weighted by Crippen LogP contribution is -2.01. The number of aromatic nitrogens is 4. The third-order valence-electron chi connectivity index (χ3n) is 1.94. The van der Waals surface area contributed by atoms with Gasteiger partial charge in [0.2, 0.25) is 0 Å². The van der Waals surface area contributed by atoms with Crippen molar-refractivity contribution < 1.29 is 9.53 Å². The third-order valence-corrected chi connectivity index (χ3v) is 1.94. The Morgan fingerprint density at radius 1 is 1.60 bits per heavy atom. The number of nitrogens with one attached hydrogen (secondary N) is 1. The van der Waals surface area contributed by atoms with E-state index >= 15 is 0 Å². The van der Waals surface area contributed by atoms with Crippen LogP contribution >= 0.6 is 0 Å². The van der Waals surface area contributed by atoms with Gasteiger partial charge in [0.15, 0.2) is 5.82 Å². The van der Waals surface area contributed by atoms with Crippen molar-refractivity contribution >= 4 is 5.97 Å². The molecule has 0 aliphatic carbocycles. The molecule has 6 nitrogen and oxygen atoms in total. The number of rotatable bonds is 2. The van der Waals surface area contributed by atoms with Crippen LogP contribution in [0.25, 0.3) is 11.5 Å². The van der Waals surface area contributed by atoms with E-state index < -0.39 is 5.97 Å². The fourth-order valence-corrected chi connectivity index (χ4v) is 1.21. The molecule has 0 spiro atoms. The molecule has 0 saturated carbocycles. The predicted octanol–water partition coefficient (Wildman–Crippen LogP) is 0.597. The van der Waals surface area contributed by atoms with Crippen molar-refractivity contribution in [2.45, 2.75) is 0 Å². The Hall–Kier alpha value is -2.11. The van der Waals surface area contributed by atoms with Crippen LogP contribution in [-0.2, 0) is 11.8 Å². The fraction of sp³-hybridized carbons (Fsp3) is 0.222. The highest BCUT2D eigenvalue weighted by Crippen LogP contribution is 2.12. The van der Waals surface area contributed by atoms with E-state index in [1.807, 2.05) is 7.05 Å². The lowest BCUT2D eigenvalue weighted by atomic mass is 10.4. The van der Waals surface area contributed by atoms with Gasteiger partial charge in [-0.05, 0) is 6.07 Å². The van der Waals surface area contributed by atoms with Crippen LogP contribution in [0, 0.1) is 0 Å². The molecule has 2 aromatic rings. The number of nitrogens with zero attached hydrogens (tertiary/aromatic N) is 3. The minimum Gasteiger partial charge on any atom is -0.464 e. The first-order valence-corrected chi connectivity index (χ1v) is 4.34. The van der Waals surface area contributed by atoms with E-state index in [1.165, 1.54) is 13.3 Å². The topological polar surface area (TPSA) is 72.8 Å².